The molecule has 0 N–H and O–H groups in total. The van der Waals surface area contributed by atoms with Crippen LogP contribution in [0.4, 0.5) is 0 Å². The second-order valence-corrected chi connectivity index (χ2v) is 12.0. The van der Waals surface area contributed by atoms with Crippen LogP contribution in [0, 0.1) is 5.92 Å². The van der Waals surface area contributed by atoms with Gasteiger partial charge in [0.2, 0.25) is 0 Å². The number of rotatable bonds is 18. The summed E-state index contributed by atoms with van der Waals surface area (Å²) in [5.74, 6) is 0.177. The average Bonchev–Trinajstić information content (AvgIpc) is 2.65. The first kappa shape index (κ1) is 33.2. The minimum absolute atomic E-state index is 0.177. The van der Waals surface area contributed by atoms with Crippen molar-refractivity contribution in [1.82, 2.24) is 0 Å². The van der Waals surface area contributed by atoms with Crippen LogP contribution in [0.1, 0.15) is 99.3 Å². The van der Waals surface area contributed by atoms with Gasteiger partial charge in [0.15, 0.2) is 0 Å². The molecule has 0 aliphatic rings. The predicted molar refractivity (Wildman–Crippen MR) is 134 cm³/mol. The monoisotopic (exact) mass is 517 g/mol. The van der Waals surface area contributed by atoms with Crippen molar-refractivity contribution in [2.45, 2.75) is 99.3 Å². The van der Waals surface area contributed by atoms with E-state index in [0.29, 0.717) is 6.42 Å². The van der Waals surface area contributed by atoms with Gasteiger partial charge in [-0.3, -0.25) is 8.88 Å². The molecule has 0 bridgehead atoms. The summed E-state index contributed by atoms with van der Waals surface area (Å²) in [5, 5.41) is 0. The van der Waals surface area contributed by atoms with Gasteiger partial charge in [0, 0.05) is 0 Å². The Bertz CT molecular complexity index is 802. The van der Waals surface area contributed by atoms with Crippen LogP contribution in [-0.4, -0.2) is 6.61 Å². The normalized spacial score (nSPS) is 16.3. The molecule has 9 heteroatoms. The molecule has 198 valence electrons. The maximum Gasteiger partial charge on any atom is 0.271 e. The zero-order chi connectivity index (χ0) is 26.2. The molecule has 0 saturated heterocycles. The van der Waals surface area contributed by atoms with Crippen molar-refractivity contribution in [2.75, 3.05) is 6.61 Å². The highest BCUT2D eigenvalue weighted by atomic mass is 31.3. The molecule has 0 aromatic carbocycles. The quantitative estimate of drug-likeness (QED) is 0.155. The molecule has 0 amide bonds. The van der Waals surface area contributed by atoms with Crippen molar-refractivity contribution < 1.29 is 32.6 Å². The fraction of sp³-hybridized carbons (Fsp3) is 0.680. The summed E-state index contributed by atoms with van der Waals surface area (Å²) in [7, 11) is -10.7. The van der Waals surface area contributed by atoms with Crippen LogP contribution in [-0.2, 0) is 18.0 Å². The van der Waals surface area contributed by atoms with Gasteiger partial charge in [-0.05, 0) is 98.3 Å². The summed E-state index contributed by atoms with van der Waals surface area (Å²) in [5.41, 5.74) is 5.57. The molecule has 0 rings (SSSR count). The highest BCUT2D eigenvalue weighted by Gasteiger charge is 2.12. The van der Waals surface area contributed by atoms with Crippen LogP contribution in [0.5, 0.6) is 0 Å². The van der Waals surface area contributed by atoms with Gasteiger partial charge >= 0.3 is 0 Å². The number of allylic oxidation sites excluding steroid dienone is 8. The SMILES string of the molecule is CC(C)=CCC/C(C)=C/CC/C(C)=C/CC/C(C)=C\CCC(C)CCOP(=O)([O-])OP(=O)([O-])[O-]. The van der Waals surface area contributed by atoms with E-state index in [4.69, 9.17) is 0 Å². The highest BCUT2D eigenvalue weighted by molar-refractivity contribution is 7.58. The molecule has 0 radical (unpaired) electrons. The maximum absolute atomic E-state index is 11.2. The molecule has 34 heavy (non-hydrogen) atoms. The van der Waals surface area contributed by atoms with Crippen LogP contribution in [0.3, 0.4) is 0 Å². The number of hydrogen-bond donors (Lipinski definition) is 0. The van der Waals surface area contributed by atoms with E-state index >= 15 is 0 Å². The first-order valence-corrected chi connectivity index (χ1v) is 14.9. The summed E-state index contributed by atoms with van der Waals surface area (Å²) in [4.78, 5) is 31.9. The van der Waals surface area contributed by atoms with Crippen molar-refractivity contribution in [3.05, 3.63) is 46.6 Å². The summed E-state index contributed by atoms with van der Waals surface area (Å²) in [6.07, 6.45) is 17.7. The lowest BCUT2D eigenvalue weighted by Gasteiger charge is -2.35. The first-order valence-electron chi connectivity index (χ1n) is 12.0. The number of hydrogen-bond acceptors (Lipinski definition) is 7. The summed E-state index contributed by atoms with van der Waals surface area (Å²) in [6, 6.07) is 0. The zero-order valence-electron chi connectivity index (χ0n) is 21.7. The Morgan fingerprint density at radius 3 is 1.62 bits per heavy atom. The summed E-state index contributed by atoms with van der Waals surface area (Å²) >= 11 is 0. The van der Waals surface area contributed by atoms with E-state index in [-0.39, 0.29) is 12.5 Å². The molecular formula is C25H43O7P2-3. The van der Waals surface area contributed by atoms with Gasteiger partial charge in [0.05, 0.1) is 14.4 Å². The van der Waals surface area contributed by atoms with Gasteiger partial charge in [-0.1, -0.05) is 53.5 Å². The third-order valence-electron chi connectivity index (χ3n) is 5.37. The Balaban J connectivity index is 4.11. The fourth-order valence-electron chi connectivity index (χ4n) is 3.26. The van der Waals surface area contributed by atoms with Crippen molar-refractivity contribution >= 4 is 15.6 Å². The van der Waals surface area contributed by atoms with E-state index in [2.05, 4.69) is 67.8 Å². The standard InChI is InChI=1S/C25H46O7P2/c1-21(2)11-7-12-22(3)13-8-14-23(4)15-9-16-24(5)17-10-18-25(6)19-20-31-34(29,30)32-33(26,27)28/h11,13,15,17,25H,7-10,12,14,16,18-20H2,1-6H3,(H,29,30)(H2,26,27,28)/p-3/b22-13+,23-15+,24-17-. The molecule has 7 nitrogen and oxygen atoms in total. The Morgan fingerprint density at radius 2 is 1.18 bits per heavy atom. The summed E-state index contributed by atoms with van der Waals surface area (Å²) < 4.78 is 29.4. The second-order valence-electron chi connectivity index (χ2n) is 9.33. The van der Waals surface area contributed by atoms with Gasteiger partial charge in [-0.2, -0.15) is 0 Å². The molecular weight excluding hydrogens is 474 g/mol. The lowest BCUT2D eigenvalue weighted by atomic mass is 10.0. The molecule has 0 heterocycles. The Morgan fingerprint density at radius 1 is 0.735 bits per heavy atom. The van der Waals surface area contributed by atoms with Crippen molar-refractivity contribution in [3.63, 3.8) is 0 Å². The molecule has 0 fully saturated rings. The van der Waals surface area contributed by atoms with Gasteiger partial charge < -0.3 is 23.8 Å². The summed E-state index contributed by atoms with van der Waals surface area (Å²) in [6.45, 7) is 12.5. The van der Waals surface area contributed by atoms with Gasteiger partial charge in [-0.25, -0.2) is 0 Å². The maximum atomic E-state index is 11.2. The molecule has 2 unspecified atom stereocenters. The van der Waals surface area contributed by atoms with E-state index in [1.165, 1.54) is 22.3 Å². The average molecular weight is 518 g/mol. The van der Waals surface area contributed by atoms with E-state index < -0.39 is 15.6 Å². The van der Waals surface area contributed by atoms with Crippen molar-refractivity contribution in [2.24, 2.45) is 5.92 Å². The third-order valence-corrected chi connectivity index (χ3v) is 7.47. The number of phosphoric ester groups is 1. The minimum Gasteiger partial charge on any atom is -0.790 e. The van der Waals surface area contributed by atoms with E-state index in [1.807, 2.05) is 6.92 Å². The first-order chi connectivity index (χ1) is 15.7. The Hall–Kier alpha value is -0.780. The van der Waals surface area contributed by atoms with Gasteiger partial charge in [0.25, 0.3) is 7.82 Å². The Kier molecular flexibility index (Phi) is 17.2. The van der Waals surface area contributed by atoms with E-state index in [0.717, 1.165) is 51.4 Å². The molecule has 0 aromatic heterocycles. The highest BCUT2D eigenvalue weighted by Crippen LogP contribution is 2.50. The lowest BCUT2D eigenvalue weighted by molar-refractivity contribution is -0.339. The molecule has 2 atom stereocenters. The second kappa shape index (κ2) is 17.6. The van der Waals surface area contributed by atoms with Crippen LogP contribution < -0.4 is 14.7 Å². The third kappa shape index (κ3) is 21.7. The fourth-order valence-corrected chi connectivity index (χ4v) is 4.75. The Labute approximate surface area is 206 Å². The van der Waals surface area contributed by atoms with E-state index in [1.54, 1.807) is 0 Å². The van der Waals surface area contributed by atoms with Gasteiger partial charge in [0.1, 0.15) is 0 Å². The molecule has 0 aliphatic carbocycles. The molecule has 0 saturated carbocycles. The largest absolute Gasteiger partial charge is 0.790 e. The van der Waals surface area contributed by atoms with Crippen LogP contribution in [0.25, 0.3) is 0 Å². The number of phosphoric acid groups is 2. The molecule has 0 spiro atoms. The molecule has 0 aliphatic heterocycles. The van der Waals surface area contributed by atoms with Gasteiger partial charge in [-0.15, -0.1) is 0 Å². The zero-order valence-corrected chi connectivity index (χ0v) is 23.5. The topological polar surface area (TPSA) is 122 Å². The van der Waals surface area contributed by atoms with Crippen LogP contribution in [0.2, 0.25) is 0 Å². The molecule has 0 aromatic rings. The van der Waals surface area contributed by atoms with E-state index in [9.17, 15) is 23.8 Å². The lowest BCUT2D eigenvalue weighted by Crippen LogP contribution is -2.19. The van der Waals surface area contributed by atoms with Crippen LogP contribution >= 0.6 is 15.6 Å². The van der Waals surface area contributed by atoms with Crippen LogP contribution in [0.15, 0.2) is 46.6 Å². The van der Waals surface area contributed by atoms with Crippen molar-refractivity contribution in [3.8, 4) is 0 Å². The predicted octanol–water partition coefficient (Wildman–Crippen LogP) is 6.27. The smallest absolute Gasteiger partial charge is 0.271 e. The van der Waals surface area contributed by atoms with Crippen molar-refractivity contribution in [1.29, 1.82) is 0 Å². The minimum atomic E-state index is -5.63.